The van der Waals surface area contributed by atoms with Crippen molar-refractivity contribution in [1.82, 2.24) is 9.62 Å². The van der Waals surface area contributed by atoms with E-state index >= 15 is 0 Å². The molecule has 158 valence electrons. The molecule has 1 N–H and O–H groups in total. The average Bonchev–Trinajstić information content (AvgIpc) is 3.18. The maximum Gasteiger partial charge on any atom is 0.252 e. The van der Waals surface area contributed by atoms with Crippen molar-refractivity contribution < 1.29 is 13.2 Å². The van der Waals surface area contributed by atoms with Gasteiger partial charge in [0.2, 0.25) is 5.91 Å². The number of carbonyl (C=O) groups is 1. The van der Waals surface area contributed by atoms with Crippen LogP contribution in [-0.4, -0.2) is 38.3 Å². The fourth-order valence-electron chi connectivity index (χ4n) is 3.70. The normalized spacial score (nSPS) is 17.2. The van der Waals surface area contributed by atoms with Crippen molar-refractivity contribution in [3.63, 3.8) is 0 Å². The summed E-state index contributed by atoms with van der Waals surface area (Å²) in [6, 6.07) is 13.7. The van der Waals surface area contributed by atoms with Gasteiger partial charge in [0.05, 0.1) is 3.79 Å². The number of aryl methyl sites for hydroxylation is 1. The Kier molecular flexibility index (Phi) is 7.90. The first-order valence-electron chi connectivity index (χ1n) is 9.95. The third-order valence-corrected chi connectivity index (χ3v) is 9.54. The van der Waals surface area contributed by atoms with Crippen molar-refractivity contribution in [3.8, 4) is 0 Å². The highest BCUT2D eigenvalue weighted by Gasteiger charge is 2.33. The monoisotopic (exact) mass is 498 g/mol. The zero-order valence-electron chi connectivity index (χ0n) is 16.5. The van der Waals surface area contributed by atoms with Crippen molar-refractivity contribution >= 4 is 43.2 Å². The van der Waals surface area contributed by atoms with Crippen molar-refractivity contribution in [3.05, 3.63) is 51.8 Å². The molecule has 0 radical (unpaired) electrons. The van der Waals surface area contributed by atoms with Gasteiger partial charge < -0.3 is 5.32 Å². The molecule has 0 spiro atoms. The summed E-state index contributed by atoms with van der Waals surface area (Å²) < 4.78 is 28.2. The van der Waals surface area contributed by atoms with Crippen LogP contribution in [-0.2, 0) is 21.2 Å². The number of hydrogen-bond acceptors (Lipinski definition) is 4. The molecule has 2 heterocycles. The van der Waals surface area contributed by atoms with Crippen LogP contribution in [0.5, 0.6) is 0 Å². The van der Waals surface area contributed by atoms with Crippen molar-refractivity contribution in [2.45, 2.75) is 36.8 Å². The third kappa shape index (κ3) is 5.90. The van der Waals surface area contributed by atoms with Gasteiger partial charge in [-0.15, -0.1) is 11.3 Å². The Morgan fingerprint density at radius 2 is 1.90 bits per heavy atom. The number of piperidine rings is 1. The van der Waals surface area contributed by atoms with Crippen LogP contribution >= 0.6 is 27.3 Å². The molecule has 1 aliphatic rings. The molecular formula is C21H27BrN2O3S2. The minimum atomic E-state index is -3.43. The van der Waals surface area contributed by atoms with Gasteiger partial charge in [0.25, 0.3) is 10.0 Å². The Hall–Kier alpha value is -1.22. The highest BCUT2D eigenvalue weighted by atomic mass is 79.9. The number of amides is 1. The number of sulfonamides is 1. The van der Waals surface area contributed by atoms with E-state index in [1.807, 2.05) is 25.1 Å². The van der Waals surface area contributed by atoms with Gasteiger partial charge in [-0.3, -0.25) is 4.79 Å². The van der Waals surface area contributed by atoms with Crippen LogP contribution in [0.2, 0.25) is 0 Å². The molecule has 2 aromatic rings. The van der Waals surface area contributed by atoms with E-state index in [0.29, 0.717) is 36.7 Å². The summed E-state index contributed by atoms with van der Waals surface area (Å²) in [5, 5.41) is 3.05. The lowest BCUT2D eigenvalue weighted by molar-refractivity contribution is -0.126. The molecule has 1 amide bonds. The molecule has 1 aromatic heterocycles. The third-order valence-electron chi connectivity index (χ3n) is 5.55. The van der Waals surface area contributed by atoms with Crippen LogP contribution in [0.25, 0.3) is 0 Å². The summed E-state index contributed by atoms with van der Waals surface area (Å²) in [4.78, 5) is 12.5. The molecule has 1 aliphatic heterocycles. The molecule has 1 aromatic carbocycles. The van der Waals surface area contributed by atoms with Crippen LogP contribution in [0.3, 0.4) is 0 Å². The number of nitrogens with zero attached hydrogens (tertiary/aromatic N) is 1. The second kappa shape index (κ2) is 10.2. The average molecular weight is 499 g/mol. The SMILES string of the molecule is CC(C(=O)NCCCc1ccccc1)C1CCN(S(=O)(=O)c2ccc(Br)s2)CC1. The lowest BCUT2D eigenvalue weighted by atomic mass is 9.85. The number of carbonyl (C=O) groups excluding carboxylic acids is 1. The molecule has 1 fully saturated rings. The summed E-state index contributed by atoms with van der Waals surface area (Å²) in [7, 11) is -3.43. The molecule has 0 bridgehead atoms. The first kappa shape index (κ1) is 22.5. The summed E-state index contributed by atoms with van der Waals surface area (Å²) in [5.41, 5.74) is 1.28. The van der Waals surface area contributed by atoms with Gasteiger partial charge in [0, 0.05) is 25.6 Å². The Labute approximate surface area is 185 Å². The molecule has 3 rings (SSSR count). The standard InChI is InChI=1S/C21H27BrN2O3S2/c1-16(21(25)23-13-5-8-17-6-3-2-4-7-17)18-11-14-24(15-12-18)29(26,27)20-10-9-19(22)28-20/h2-4,6-7,9-10,16,18H,5,8,11-15H2,1H3,(H,23,25). The molecule has 1 saturated heterocycles. The quantitative estimate of drug-likeness (QED) is 0.551. The van der Waals surface area contributed by atoms with E-state index in [9.17, 15) is 13.2 Å². The van der Waals surface area contributed by atoms with E-state index in [1.54, 1.807) is 16.4 Å². The highest BCUT2D eigenvalue weighted by molar-refractivity contribution is 9.11. The van der Waals surface area contributed by atoms with Gasteiger partial charge in [0.1, 0.15) is 4.21 Å². The van der Waals surface area contributed by atoms with Crippen LogP contribution in [0, 0.1) is 11.8 Å². The van der Waals surface area contributed by atoms with Crippen LogP contribution in [0.15, 0.2) is 50.5 Å². The molecule has 1 atom stereocenters. The second-order valence-corrected chi connectivity index (χ2v) is 12.1. The molecule has 8 heteroatoms. The molecular weight excluding hydrogens is 472 g/mol. The van der Waals surface area contributed by atoms with Crippen LogP contribution in [0.4, 0.5) is 0 Å². The van der Waals surface area contributed by atoms with Gasteiger partial charge >= 0.3 is 0 Å². The zero-order valence-corrected chi connectivity index (χ0v) is 19.7. The summed E-state index contributed by atoms with van der Waals surface area (Å²) in [6.45, 7) is 3.55. The second-order valence-electron chi connectivity index (χ2n) is 7.47. The Morgan fingerprint density at radius 3 is 2.52 bits per heavy atom. The van der Waals surface area contributed by atoms with E-state index < -0.39 is 10.0 Å². The minimum absolute atomic E-state index is 0.0709. The lowest BCUT2D eigenvalue weighted by Gasteiger charge is -2.33. The predicted octanol–water partition coefficient (Wildman–Crippen LogP) is 4.30. The fraction of sp³-hybridized carbons (Fsp3) is 0.476. The van der Waals surface area contributed by atoms with Gasteiger partial charge in [-0.1, -0.05) is 37.3 Å². The predicted molar refractivity (Wildman–Crippen MR) is 120 cm³/mol. The van der Waals surface area contributed by atoms with E-state index in [0.717, 1.165) is 16.6 Å². The van der Waals surface area contributed by atoms with Gasteiger partial charge in [-0.2, -0.15) is 4.31 Å². The number of rotatable bonds is 8. The zero-order chi connectivity index (χ0) is 20.9. The van der Waals surface area contributed by atoms with Crippen LogP contribution in [0.1, 0.15) is 31.7 Å². The summed E-state index contributed by atoms with van der Waals surface area (Å²) in [6.07, 6.45) is 3.29. The number of halogens is 1. The van der Waals surface area contributed by atoms with Crippen molar-refractivity contribution in [2.75, 3.05) is 19.6 Å². The number of thiophene rings is 1. The summed E-state index contributed by atoms with van der Waals surface area (Å²) >= 11 is 4.56. The van der Waals surface area contributed by atoms with Crippen LogP contribution < -0.4 is 5.32 Å². The number of nitrogens with one attached hydrogen (secondary N) is 1. The molecule has 0 saturated carbocycles. The topological polar surface area (TPSA) is 66.5 Å². The first-order chi connectivity index (χ1) is 13.9. The Morgan fingerprint density at radius 1 is 1.21 bits per heavy atom. The van der Waals surface area contributed by atoms with Gasteiger partial charge in [-0.05, 0) is 65.2 Å². The lowest BCUT2D eigenvalue weighted by Crippen LogP contribution is -2.42. The van der Waals surface area contributed by atoms with Gasteiger partial charge in [-0.25, -0.2) is 8.42 Å². The van der Waals surface area contributed by atoms with Crippen molar-refractivity contribution in [1.29, 1.82) is 0 Å². The maximum absolute atomic E-state index is 12.7. The smallest absolute Gasteiger partial charge is 0.252 e. The largest absolute Gasteiger partial charge is 0.356 e. The molecule has 0 aliphatic carbocycles. The summed E-state index contributed by atoms with van der Waals surface area (Å²) in [5.74, 6) is 0.180. The molecule has 5 nitrogen and oxygen atoms in total. The minimum Gasteiger partial charge on any atom is -0.356 e. The fourth-order valence-corrected chi connectivity index (χ4v) is 7.34. The number of benzene rings is 1. The maximum atomic E-state index is 12.7. The van der Waals surface area contributed by atoms with Crippen molar-refractivity contribution in [2.24, 2.45) is 11.8 Å². The van der Waals surface area contributed by atoms with E-state index in [2.05, 4.69) is 33.4 Å². The van der Waals surface area contributed by atoms with E-state index in [-0.39, 0.29) is 17.7 Å². The Balaban J connectivity index is 1.43. The van der Waals surface area contributed by atoms with Gasteiger partial charge in [0.15, 0.2) is 0 Å². The first-order valence-corrected chi connectivity index (χ1v) is 13.0. The highest BCUT2D eigenvalue weighted by Crippen LogP contribution is 2.32. The number of hydrogen-bond donors (Lipinski definition) is 1. The molecule has 29 heavy (non-hydrogen) atoms. The molecule has 1 unspecified atom stereocenters. The van der Waals surface area contributed by atoms with E-state index in [4.69, 9.17) is 0 Å². The van der Waals surface area contributed by atoms with E-state index in [1.165, 1.54) is 16.9 Å². The Bertz CT molecular complexity index is 907.